The lowest BCUT2D eigenvalue weighted by molar-refractivity contribution is -0.139. The van der Waals surface area contributed by atoms with Crippen LogP contribution in [0.2, 0.25) is 0 Å². The molecule has 1 aromatic rings. The van der Waals surface area contributed by atoms with Gasteiger partial charge in [0.15, 0.2) is 0 Å². The first-order valence-electron chi connectivity index (χ1n) is 6.66. The molecule has 1 amide bonds. The van der Waals surface area contributed by atoms with Gasteiger partial charge in [0, 0.05) is 19.6 Å². The molecule has 0 saturated carbocycles. The first-order valence-corrected chi connectivity index (χ1v) is 6.66. The van der Waals surface area contributed by atoms with Gasteiger partial charge in [-0.05, 0) is 11.1 Å². The number of hydrogen-bond donors (Lipinski definition) is 2. The second-order valence-electron chi connectivity index (χ2n) is 4.86. The van der Waals surface area contributed by atoms with E-state index in [4.69, 9.17) is 4.74 Å². The molecule has 0 saturated heterocycles. The van der Waals surface area contributed by atoms with Crippen LogP contribution in [0.3, 0.4) is 0 Å². The summed E-state index contributed by atoms with van der Waals surface area (Å²) in [5.74, 6) is -1.08. The summed E-state index contributed by atoms with van der Waals surface area (Å²) in [5.41, 5.74) is 2.38. The van der Waals surface area contributed by atoms with Gasteiger partial charge in [0.05, 0.1) is 0 Å². The minimum atomic E-state index is -1.08. The molecule has 1 aromatic carbocycles. The van der Waals surface area contributed by atoms with Crippen molar-refractivity contribution < 1.29 is 19.4 Å². The quantitative estimate of drug-likeness (QED) is 0.774. The van der Waals surface area contributed by atoms with E-state index in [1.807, 2.05) is 29.2 Å². The van der Waals surface area contributed by atoms with Crippen molar-refractivity contribution in [3.63, 3.8) is 0 Å². The molecular formula is C15H18N2O4. The fraction of sp³-hybridized carbons (Fsp3) is 0.333. The summed E-state index contributed by atoms with van der Waals surface area (Å²) in [4.78, 5) is 24.7. The van der Waals surface area contributed by atoms with Gasteiger partial charge in [-0.1, -0.05) is 36.9 Å². The summed E-state index contributed by atoms with van der Waals surface area (Å²) in [6, 6.07) is 6.97. The molecule has 6 nitrogen and oxygen atoms in total. The molecule has 2 N–H and O–H groups in total. The Labute approximate surface area is 123 Å². The number of ether oxygens (including phenoxy) is 1. The van der Waals surface area contributed by atoms with E-state index < -0.39 is 18.1 Å². The van der Waals surface area contributed by atoms with Crippen LogP contribution < -0.4 is 5.32 Å². The van der Waals surface area contributed by atoms with Gasteiger partial charge in [0.2, 0.25) is 0 Å². The molecule has 21 heavy (non-hydrogen) atoms. The minimum absolute atomic E-state index is 0.0489. The fourth-order valence-electron chi connectivity index (χ4n) is 2.30. The highest BCUT2D eigenvalue weighted by Crippen LogP contribution is 2.22. The van der Waals surface area contributed by atoms with Crippen LogP contribution in [-0.2, 0) is 22.6 Å². The van der Waals surface area contributed by atoms with Gasteiger partial charge in [-0.3, -0.25) is 4.90 Å². The number of benzene rings is 1. The molecule has 1 aliphatic heterocycles. The number of carbonyl (C=O) groups is 2. The number of carboxylic acids is 1. The van der Waals surface area contributed by atoms with E-state index in [0.29, 0.717) is 13.1 Å². The molecule has 0 aromatic heterocycles. The molecule has 1 atom stereocenters. The summed E-state index contributed by atoms with van der Waals surface area (Å²) in [7, 11) is 0. The van der Waals surface area contributed by atoms with E-state index in [2.05, 4.69) is 11.9 Å². The molecule has 1 unspecified atom stereocenters. The van der Waals surface area contributed by atoms with Gasteiger partial charge in [-0.15, -0.1) is 0 Å². The maximum absolute atomic E-state index is 11.4. The zero-order chi connectivity index (χ0) is 15.2. The standard InChI is InChI=1S/C15H18N2O4/c1-2-7-21-15(20)16-13(14(18)19)10-17-8-11-5-3-4-6-12(11)9-17/h2-6,13H,1,7-10H2,(H,16,20)(H,18,19). The highest BCUT2D eigenvalue weighted by atomic mass is 16.5. The van der Waals surface area contributed by atoms with E-state index in [9.17, 15) is 14.7 Å². The van der Waals surface area contributed by atoms with Gasteiger partial charge < -0.3 is 15.2 Å². The number of fused-ring (bicyclic) bond motifs is 1. The number of aliphatic carboxylic acids is 1. The maximum atomic E-state index is 11.4. The molecule has 0 radical (unpaired) electrons. The predicted molar refractivity (Wildman–Crippen MR) is 76.7 cm³/mol. The van der Waals surface area contributed by atoms with Gasteiger partial charge in [-0.25, -0.2) is 9.59 Å². The van der Waals surface area contributed by atoms with E-state index in [1.54, 1.807) is 0 Å². The van der Waals surface area contributed by atoms with Crippen LogP contribution in [0.4, 0.5) is 4.79 Å². The molecule has 0 aliphatic carbocycles. The first-order chi connectivity index (χ1) is 10.1. The van der Waals surface area contributed by atoms with Gasteiger partial charge in [-0.2, -0.15) is 0 Å². The van der Waals surface area contributed by atoms with Gasteiger partial charge in [0.1, 0.15) is 12.6 Å². The van der Waals surface area contributed by atoms with Crippen LogP contribution in [0.1, 0.15) is 11.1 Å². The van der Waals surface area contributed by atoms with Crippen molar-refractivity contribution in [1.82, 2.24) is 10.2 Å². The third kappa shape index (κ3) is 4.06. The summed E-state index contributed by atoms with van der Waals surface area (Å²) in [6.07, 6.45) is 0.672. The Kier molecular flexibility index (Phi) is 4.94. The molecule has 112 valence electrons. The molecule has 1 heterocycles. The summed E-state index contributed by atoms with van der Waals surface area (Å²) in [5, 5.41) is 11.6. The number of rotatable bonds is 6. The Morgan fingerprint density at radius 1 is 1.38 bits per heavy atom. The van der Waals surface area contributed by atoms with E-state index in [1.165, 1.54) is 17.2 Å². The number of carbonyl (C=O) groups excluding carboxylic acids is 1. The number of nitrogens with one attached hydrogen (secondary N) is 1. The monoisotopic (exact) mass is 290 g/mol. The molecule has 0 spiro atoms. The lowest BCUT2D eigenvalue weighted by atomic mass is 10.1. The van der Waals surface area contributed by atoms with Crippen molar-refractivity contribution in [3.05, 3.63) is 48.0 Å². The van der Waals surface area contributed by atoms with Crippen LogP contribution in [0.5, 0.6) is 0 Å². The van der Waals surface area contributed by atoms with Crippen molar-refractivity contribution >= 4 is 12.1 Å². The normalized spacial score (nSPS) is 15.0. The molecule has 0 bridgehead atoms. The summed E-state index contributed by atoms with van der Waals surface area (Å²) >= 11 is 0. The zero-order valence-corrected chi connectivity index (χ0v) is 11.6. The first kappa shape index (κ1) is 15.1. The van der Waals surface area contributed by atoms with Crippen molar-refractivity contribution in [3.8, 4) is 0 Å². The summed E-state index contributed by atoms with van der Waals surface area (Å²) < 4.78 is 4.75. The van der Waals surface area contributed by atoms with Crippen LogP contribution in [0, 0.1) is 0 Å². The van der Waals surface area contributed by atoms with Crippen molar-refractivity contribution in [2.24, 2.45) is 0 Å². The second kappa shape index (κ2) is 6.90. The molecule has 1 aliphatic rings. The number of carboxylic acid groups (broad SMARTS) is 1. The Balaban J connectivity index is 1.91. The predicted octanol–water partition coefficient (Wildman–Crippen LogP) is 1.37. The van der Waals surface area contributed by atoms with E-state index >= 15 is 0 Å². The summed E-state index contributed by atoms with van der Waals surface area (Å²) in [6.45, 7) is 5.07. The van der Waals surface area contributed by atoms with Crippen LogP contribution in [-0.4, -0.2) is 41.3 Å². The van der Waals surface area contributed by atoms with Crippen molar-refractivity contribution in [2.75, 3.05) is 13.2 Å². The minimum Gasteiger partial charge on any atom is -0.480 e. The molecule has 2 rings (SSSR count). The van der Waals surface area contributed by atoms with Crippen LogP contribution in [0.15, 0.2) is 36.9 Å². The zero-order valence-electron chi connectivity index (χ0n) is 11.6. The Hall–Kier alpha value is -2.34. The maximum Gasteiger partial charge on any atom is 0.408 e. The second-order valence-corrected chi connectivity index (χ2v) is 4.86. The third-order valence-corrected chi connectivity index (χ3v) is 3.27. The number of amides is 1. The fourth-order valence-corrected chi connectivity index (χ4v) is 2.30. The van der Waals surface area contributed by atoms with E-state index in [0.717, 1.165) is 0 Å². The average Bonchev–Trinajstić information content (AvgIpc) is 2.86. The largest absolute Gasteiger partial charge is 0.480 e. The lowest BCUT2D eigenvalue weighted by Gasteiger charge is -2.21. The van der Waals surface area contributed by atoms with Crippen molar-refractivity contribution in [1.29, 1.82) is 0 Å². The molecule has 6 heteroatoms. The molecular weight excluding hydrogens is 272 g/mol. The van der Waals surface area contributed by atoms with Crippen molar-refractivity contribution in [2.45, 2.75) is 19.1 Å². The highest BCUT2D eigenvalue weighted by molar-refractivity contribution is 5.80. The SMILES string of the molecule is C=CCOC(=O)NC(CN1Cc2ccccc2C1)C(=O)O. The van der Waals surface area contributed by atoms with Crippen LogP contribution >= 0.6 is 0 Å². The Morgan fingerprint density at radius 3 is 2.52 bits per heavy atom. The number of hydrogen-bond acceptors (Lipinski definition) is 4. The lowest BCUT2D eigenvalue weighted by Crippen LogP contribution is -2.47. The van der Waals surface area contributed by atoms with Crippen LogP contribution in [0.25, 0.3) is 0 Å². The van der Waals surface area contributed by atoms with E-state index in [-0.39, 0.29) is 13.2 Å². The third-order valence-electron chi connectivity index (χ3n) is 3.27. The Morgan fingerprint density at radius 2 is 2.00 bits per heavy atom. The average molecular weight is 290 g/mol. The van der Waals surface area contributed by atoms with Gasteiger partial charge in [0.25, 0.3) is 0 Å². The molecule has 0 fully saturated rings. The van der Waals surface area contributed by atoms with Gasteiger partial charge >= 0.3 is 12.1 Å². The highest BCUT2D eigenvalue weighted by Gasteiger charge is 2.27. The Bertz CT molecular complexity index is 519. The smallest absolute Gasteiger partial charge is 0.408 e. The number of nitrogens with zero attached hydrogens (tertiary/aromatic N) is 1. The number of alkyl carbamates (subject to hydrolysis) is 1. The topological polar surface area (TPSA) is 78.9 Å².